The van der Waals surface area contributed by atoms with Gasteiger partial charge in [0.1, 0.15) is 0 Å². The quantitative estimate of drug-likeness (QED) is 0.410. The first-order valence-electron chi connectivity index (χ1n) is 3.25. The third-order valence-corrected chi connectivity index (χ3v) is 2.00. The Kier molecular flexibility index (Phi) is 0.770. The van der Waals surface area contributed by atoms with E-state index in [1.807, 2.05) is 0 Å². The van der Waals surface area contributed by atoms with E-state index in [-0.39, 0.29) is 0 Å². The van der Waals surface area contributed by atoms with E-state index < -0.39 is 0 Å². The van der Waals surface area contributed by atoms with Gasteiger partial charge >= 0.3 is 0 Å². The summed E-state index contributed by atoms with van der Waals surface area (Å²) in [5.74, 6) is 0. The molecule has 0 unspecified atom stereocenters. The fraction of sp³-hybridized carbons (Fsp3) is 0.714. The van der Waals surface area contributed by atoms with Crippen LogP contribution in [0.3, 0.4) is 0 Å². The monoisotopic (exact) mass is 108 g/mol. The van der Waals surface area contributed by atoms with Gasteiger partial charge in [0, 0.05) is 18.5 Å². The summed E-state index contributed by atoms with van der Waals surface area (Å²) in [4.78, 5) is 0. The van der Waals surface area contributed by atoms with E-state index in [9.17, 15) is 0 Å². The van der Waals surface area contributed by atoms with Crippen LogP contribution in [0.2, 0.25) is 0 Å². The molecule has 0 aromatic heterocycles. The molecule has 0 N–H and O–H groups in total. The molecule has 8 heavy (non-hydrogen) atoms. The minimum absolute atomic E-state index is 0.512. The maximum absolute atomic E-state index is 4.33. The molecule has 0 bridgehead atoms. The Balaban J connectivity index is 1.96. The molecule has 1 spiro atoms. The van der Waals surface area contributed by atoms with Crippen LogP contribution in [0, 0.1) is 5.41 Å². The first-order chi connectivity index (χ1) is 3.91. The lowest BCUT2D eigenvalue weighted by atomic mass is 9.94. The number of nitrogens with zero attached hydrogens (tertiary/aromatic N) is 1. The fourth-order valence-corrected chi connectivity index (χ4v) is 1.28. The summed E-state index contributed by atoms with van der Waals surface area (Å²) in [6, 6.07) is 0. The Labute approximate surface area is 49.8 Å². The number of hydrogen-bond donors (Lipinski definition) is 0. The van der Waals surface area contributed by atoms with Gasteiger partial charge in [-0.3, -0.25) is 0 Å². The molecule has 0 aromatic carbocycles. The van der Waals surface area contributed by atoms with E-state index >= 15 is 0 Å². The topological polar surface area (TPSA) is 14.1 Å². The van der Waals surface area contributed by atoms with E-state index in [1.54, 1.807) is 0 Å². The molecule has 1 nitrogen and oxygen atoms in total. The Hall–Kier alpha value is -0.300. The highest BCUT2D eigenvalue weighted by molar-refractivity contribution is 5.27. The van der Waals surface area contributed by atoms with E-state index in [4.69, 9.17) is 0 Å². The second kappa shape index (κ2) is 1.35. The highest BCUT2D eigenvalue weighted by atomic mass is 14.9. The molecule has 2 aliphatic rings. The zero-order valence-corrected chi connectivity index (χ0v) is 4.93. The molecular formula is C7H10N. The van der Waals surface area contributed by atoms with Gasteiger partial charge in [0.2, 0.25) is 0 Å². The van der Waals surface area contributed by atoms with Crippen LogP contribution < -0.4 is 5.32 Å². The zero-order valence-electron chi connectivity index (χ0n) is 4.93. The van der Waals surface area contributed by atoms with Crippen LogP contribution in [0.15, 0.2) is 12.2 Å². The lowest BCUT2D eigenvalue weighted by Gasteiger charge is -2.20. The molecule has 1 fully saturated rings. The van der Waals surface area contributed by atoms with Crippen molar-refractivity contribution in [2.75, 3.05) is 13.1 Å². The molecule has 0 amide bonds. The molecule has 2 rings (SSSR count). The average molecular weight is 108 g/mol. The predicted octanol–water partition coefficient (Wildman–Crippen LogP) is 0.941. The van der Waals surface area contributed by atoms with Crippen molar-refractivity contribution in [2.45, 2.75) is 12.8 Å². The summed E-state index contributed by atoms with van der Waals surface area (Å²) >= 11 is 0. The van der Waals surface area contributed by atoms with E-state index in [1.165, 1.54) is 12.8 Å². The summed E-state index contributed by atoms with van der Waals surface area (Å²) in [6.45, 7) is 2.18. The maximum atomic E-state index is 4.33. The number of piperidine rings is 1. The van der Waals surface area contributed by atoms with Crippen molar-refractivity contribution >= 4 is 0 Å². The second-order valence-corrected chi connectivity index (χ2v) is 2.78. The van der Waals surface area contributed by atoms with Crippen molar-refractivity contribution in [3.05, 3.63) is 12.2 Å². The molecule has 1 heteroatoms. The lowest BCUT2D eigenvalue weighted by molar-refractivity contribution is 0.386. The van der Waals surface area contributed by atoms with Crippen LogP contribution in [0.1, 0.15) is 12.8 Å². The van der Waals surface area contributed by atoms with Crippen molar-refractivity contribution in [1.82, 2.24) is 5.32 Å². The van der Waals surface area contributed by atoms with E-state index in [2.05, 4.69) is 17.5 Å². The van der Waals surface area contributed by atoms with Crippen LogP contribution in [-0.2, 0) is 0 Å². The molecule has 1 saturated heterocycles. The van der Waals surface area contributed by atoms with Crippen molar-refractivity contribution in [3.8, 4) is 0 Å². The van der Waals surface area contributed by atoms with Crippen molar-refractivity contribution in [3.63, 3.8) is 0 Å². The highest BCUT2D eigenvalue weighted by Gasteiger charge is 2.35. The molecule has 0 atom stereocenters. The van der Waals surface area contributed by atoms with Crippen LogP contribution in [0.4, 0.5) is 0 Å². The number of rotatable bonds is 0. The summed E-state index contributed by atoms with van der Waals surface area (Å²) in [5, 5.41) is 4.33. The first-order valence-corrected chi connectivity index (χ1v) is 3.25. The van der Waals surface area contributed by atoms with Gasteiger partial charge in [-0.05, 0) is 12.8 Å². The summed E-state index contributed by atoms with van der Waals surface area (Å²) in [5.41, 5.74) is 0.512. The summed E-state index contributed by atoms with van der Waals surface area (Å²) in [6.07, 6.45) is 7.23. The highest BCUT2D eigenvalue weighted by Crippen LogP contribution is 2.40. The van der Waals surface area contributed by atoms with Crippen molar-refractivity contribution in [1.29, 1.82) is 0 Å². The Morgan fingerprint density at radius 3 is 2.62 bits per heavy atom. The standard InChI is InChI=1S/C7H10N/c1-2-7(3-4-7)6-8-5-1/h3-4H,1-2,5-6H2. The second-order valence-electron chi connectivity index (χ2n) is 2.78. The average Bonchev–Trinajstić information content (AvgIpc) is 2.52. The van der Waals surface area contributed by atoms with Crippen LogP contribution >= 0.6 is 0 Å². The smallest absolute Gasteiger partial charge is 0.0259 e. The molecule has 1 heterocycles. The van der Waals surface area contributed by atoms with Crippen LogP contribution in [0.25, 0.3) is 0 Å². The Morgan fingerprint density at radius 1 is 1.38 bits per heavy atom. The maximum Gasteiger partial charge on any atom is 0.0259 e. The Morgan fingerprint density at radius 2 is 2.25 bits per heavy atom. The van der Waals surface area contributed by atoms with Crippen LogP contribution in [-0.4, -0.2) is 13.1 Å². The van der Waals surface area contributed by atoms with Crippen LogP contribution in [0.5, 0.6) is 0 Å². The summed E-state index contributed by atoms with van der Waals surface area (Å²) < 4.78 is 0. The molecule has 43 valence electrons. The molecule has 1 aliphatic carbocycles. The Bertz CT molecular complexity index is 112. The van der Waals surface area contributed by atoms with Crippen molar-refractivity contribution < 1.29 is 0 Å². The molecule has 0 saturated carbocycles. The minimum Gasteiger partial charge on any atom is -0.241 e. The third-order valence-electron chi connectivity index (χ3n) is 2.00. The molecule has 1 radical (unpaired) electrons. The third kappa shape index (κ3) is 0.583. The van der Waals surface area contributed by atoms with E-state index in [0.29, 0.717) is 5.41 Å². The predicted molar refractivity (Wildman–Crippen MR) is 32.7 cm³/mol. The normalized spacial score (nSPS) is 31.0. The minimum atomic E-state index is 0.512. The van der Waals surface area contributed by atoms with Gasteiger partial charge in [0.05, 0.1) is 0 Å². The van der Waals surface area contributed by atoms with Gasteiger partial charge in [0.25, 0.3) is 0 Å². The van der Waals surface area contributed by atoms with Gasteiger partial charge in [-0.15, -0.1) is 0 Å². The number of hydrogen-bond acceptors (Lipinski definition) is 0. The SMILES string of the molecule is C1=CC12CCC[N]C2. The van der Waals surface area contributed by atoms with Crippen molar-refractivity contribution in [2.24, 2.45) is 5.41 Å². The van der Waals surface area contributed by atoms with Gasteiger partial charge < -0.3 is 0 Å². The zero-order chi connectivity index (χ0) is 5.45. The molecule has 1 aliphatic heterocycles. The summed E-state index contributed by atoms with van der Waals surface area (Å²) in [7, 11) is 0. The van der Waals surface area contributed by atoms with Gasteiger partial charge in [0.15, 0.2) is 0 Å². The largest absolute Gasteiger partial charge is 0.241 e. The van der Waals surface area contributed by atoms with Gasteiger partial charge in [-0.25, -0.2) is 5.32 Å². The lowest BCUT2D eigenvalue weighted by Crippen LogP contribution is -2.26. The first kappa shape index (κ1) is 4.57. The fourth-order valence-electron chi connectivity index (χ4n) is 1.28. The van der Waals surface area contributed by atoms with Gasteiger partial charge in [-0.1, -0.05) is 12.2 Å². The molecular weight excluding hydrogens is 98.1 g/mol. The van der Waals surface area contributed by atoms with E-state index in [0.717, 1.165) is 13.1 Å². The van der Waals surface area contributed by atoms with Gasteiger partial charge in [-0.2, -0.15) is 0 Å². The molecule has 0 aromatic rings.